The average Bonchev–Trinajstić information content (AvgIpc) is 3.07. The summed E-state index contributed by atoms with van der Waals surface area (Å²) >= 11 is 6.87. The molecule has 0 aromatic carbocycles. The standard InChI is InChI=1S/C15H17N5OS2/c1-2-20-11(18-19-15(20)22)7-10-16-13(21)12-8-5-3-4-6-9(8)23-14(12)17-10/h2-7H2,1H3,(H,19,22)(H,16,17,21). The number of nitrogens with zero attached hydrogens (tertiary/aromatic N) is 3. The quantitative estimate of drug-likeness (QED) is 0.714. The molecule has 0 unspecified atom stereocenters. The topological polar surface area (TPSA) is 79.4 Å². The lowest BCUT2D eigenvalue weighted by atomic mass is 9.97. The number of hydrogen-bond acceptors (Lipinski definition) is 5. The van der Waals surface area contributed by atoms with Crippen LogP contribution in [0.25, 0.3) is 10.2 Å². The van der Waals surface area contributed by atoms with Gasteiger partial charge >= 0.3 is 0 Å². The van der Waals surface area contributed by atoms with Gasteiger partial charge < -0.3 is 9.55 Å². The van der Waals surface area contributed by atoms with Crippen molar-refractivity contribution in [3.8, 4) is 0 Å². The molecule has 0 bridgehead atoms. The van der Waals surface area contributed by atoms with E-state index in [1.54, 1.807) is 11.3 Å². The van der Waals surface area contributed by atoms with Gasteiger partial charge in [-0.3, -0.25) is 9.89 Å². The first-order valence-electron chi connectivity index (χ1n) is 7.85. The predicted octanol–water partition coefficient (Wildman–Crippen LogP) is 2.73. The number of hydrogen-bond donors (Lipinski definition) is 2. The maximum atomic E-state index is 12.5. The smallest absolute Gasteiger partial charge is 0.259 e. The Bertz CT molecular complexity index is 994. The van der Waals surface area contributed by atoms with Crippen molar-refractivity contribution in [1.82, 2.24) is 24.7 Å². The summed E-state index contributed by atoms with van der Waals surface area (Å²) in [6.07, 6.45) is 4.89. The minimum atomic E-state index is -0.0263. The highest BCUT2D eigenvalue weighted by molar-refractivity contribution is 7.71. The van der Waals surface area contributed by atoms with Gasteiger partial charge in [0.2, 0.25) is 0 Å². The molecule has 0 saturated carbocycles. The lowest BCUT2D eigenvalue weighted by Crippen LogP contribution is -2.14. The number of aromatic amines is 2. The molecule has 0 radical (unpaired) electrons. The zero-order valence-corrected chi connectivity index (χ0v) is 14.4. The number of nitrogens with one attached hydrogen (secondary N) is 2. The van der Waals surface area contributed by atoms with E-state index in [-0.39, 0.29) is 5.56 Å². The number of thiophene rings is 1. The Morgan fingerprint density at radius 3 is 3.00 bits per heavy atom. The van der Waals surface area contributed by atoms with E-state index in [0.29, 0.717) is 17.0 Å². The summed E-state index contributed by atoms with van der Waals surface area (Å²) in [6.45, 7) is 2.76. The van der Waals surface area contributed by atoms with Gasteiger partial charge in [0.25, 0.3) is 5.56 Å². The zero-order chi connectivity index (χ0) is 16.0. The molecular formula is C15H17N5OS2. The molecule has 1 aliphatic carbocycles. The molecule has 0 amide bonds. The Kier molecular flexibility index (Phi) is 3.65. The first kappa shape index (κ1) is 14.8. The van der Waals surface area contributed by atoms with Gasteiger partial charge in [0.1, 0.15) is 16.5 Å². The van der Waals surface area contributed by atoms with Crippen LogP contribution in [0.4, 0.5) is 0 Å². The molecule has 6 nitrogen and oxygen atoms in total. The van der Waals surface area contributed by atoms with Crippen LogP contribution in [0.3, 0.4) is 0 Å². The van der Waals surface area contributed by atoms with Crippen LogP contribution < -0.4 is 5.56 Å². The second-order valence-corrected chi connectivity index (χ2v) is 7.24. The zero-order valence-electron chi connectivity index (χ0n) is 12.8. The van der Waals surface area contributed by atoms with E-state index in [1.165, 1.54) is 16.9 Å². The van der Waals surface area contributed by atoms with Gasteiger partial charge in [0.15, 0.2) is 4.77 Å². The molecule has 0 fully saturated rings. The Morgan fingerprint density at radius 2 is 2.17 bits per heavy atom. The van der Waals surface area contributed by atoms with Gasteiger partial charge in [0, 0.05) is 11.4 Å². The van der Waals surface area contributed by atoms with Crippen LogP contribution >= 0.6 is 23.6 Å². The largest absolute Gasteiger partial charge is 0.310 e. The van der Waals surface area contributed by atoms with Crippen molar-refractivity contribution >= 4 is 33.8 Å². The van der Waals surface area contributed by atoms with Gasteiger partial charge in [-0.2, -0.15) is 5.10 Å². The van der Waals surface area contributed by atoms with E-state index in [4.69, 9.17) is 12.2 Å². The molecule has 0 spiro atoms. The van der Waals surface area contributed by atoms with Crippen LogP contribution in [-0.2, 0) is 25.8 Å². The highest BCUT2D eigenvalue weighted by atomic mass is 32.1. The molecule has 120 valence electrons. The molecule has 3 heterocycles. The number of aryl methyl sites for hydroxylation is 2. The van der Waals surface area contributed by atoms with Gasteiger partial charge in [-0.1, -0.05) is 0 Å². The first-order chi connectivity index (χ1) is 11.2. The van der Waals surface area contributed by atoms with E-state index in [2.05, 4.69) is 20.2 Å². The van der Waals surface area contributed by atoms with Crippen molar-refractivity contribution < 1.29 is 0 Å². The van der Waals surface area contributed by atoms with Crippen molar-refractivity contribution in [1.29, 1.82) is 0 Å². The van der Waals surface area contributed by atoms with E-state index in [0.717, 1.165) is 41.8 Å². The van der Waals surface area contributed by atoms with E-state index in [1.807, 2.05) is 11.5 Å². The van der Waals surface area contributed by atoms with Gasteiger partial charge in [-0.15, -0.1) is 11.3 Å². The third kappa shape index (κ3) is 2.46. The first-order valence-corrected chi connectivity index (χ1v) is 9.07. The minimum absolute atomic E-state index is 0.0263. The van der Waals surface area contributed by atoms with Crippen LogP contribution in [0.1, 0.15) is 41.9 Å². The third-order valence-corrected chi connectivity index (χ3v) is 5.85. The van der Waals surface area contributed by atoms with Crippen molar-refractivity contribution in [3.63, 3.8) is 0 Å². The lowest BCUT2D eigenvalue weighted by Gasteiger charge is -2.09. The second kappa shape index (κ2) is 5.68. The molecule has 0 atom stereocenters. The van der Waals surface area contributed by atoms with E-state index < -0.39 is 0 Å². The molecule has 3 aromatic heterocycles. The highest BCUT2D eigenvalue weighted by Crippen LogP contribution is 2.33. The summed E-state index contributed by atoms with van der Waals surface area (Å²) in [5.74, 6) is 1.44. The Hall–Kier alpha value is -1.80. The maximum Gasteiger partial charge on any atom is 0.259 e. The van der Waals surface area contributed by atoms with Crippen LogP contribution in [0, 0.1) is 4.77 Å². The number of aromatic nitrogens is 5. The van der Waals surface area contributed by atoms with Crippen molar-refractivity contribution in [2.24, 2.45) is 0 Å². The fourth-order valence-electron chi connectivity index (χ4n) is 3.25. The highest BCUT2D eigenvalue weighted by Gasteiger charge is 2.20. The summed E-state index contributed by atoms with van der Waals surface area (Å²) in [6, 6.07) is 0. The van der Waals surface area contributed by atoms with Crippen LogP contribution in [0.5, 0.6) is 0 Å². The molecule has 0 saturated heterocycles. The maximum absolute atomic E-state index is 12.5. The minimum Gasteiger partial charge on any atom is -0.310 e. The molecule has 2 N–H and O–H groups in total. The summed E-state index contributed by atoms with van der Waals surface area (Å²) < 4.78 is 2.51. The van der Waals surface area contributed by atoms with Crippen LogP contribution in [0.2, 0.25) is 0 Å². The predicted molar refractivity (Wildman–Crippen MR) is 92.8 cm³/mol. The summed E-state index contributed by atoms with van der Waals surface area (Å²) in [5, 5.41) is 7.84. The summed E-state index contributed by atoms with van der Waals surface area (Å²) in [7, 11) is 0. The molecule has 3 aromatic rings. The Morgan fingerprint density at radius 1 is 1.35 bits per heavy atom. The fourth-order valence-corrected chi connectivity index (χ4v) is 4.81. The van der Waals surface area contributed by atoms with E-state index >= 15 is 0 Å². The van der Waals surface area contributed by atoms with Crippen molar-refractivity contribution in [2.75, 3.05) is 0 Å². The molecule has 23 heavy (non-hydrogen) atoms. The number of H-pyrrole nitrogens is 2. The Labute approximate surface area is 141 Å². The fraction of sp³-hybridized carbons (Fsp3) is 0.467. The summed E-state index contributed by atoms with van der Waals surface area (Å²) in [5.41, 5.74) is 1.19. The van der Waals surface area contributed by atoms with Gasteiger partial charge in [-0.25, -0.2) is 4.98 Å². The number of rotatable bonds is 3. The van der Waals surface area contributed by atoms with Crippen LogP contribution in [-0.4, -0.2) is 24.7 Å². The summed E-state index contributed by atoms with van der Waals surface area (Å²) in [4.78, 5) is 22.3. The molecule has 8 heteroatoms. The molecule has 1 aliphatic rings. The lowest BCUT2D eigenvalue weighted by molar-refractivity contribution is 0.694. The van der Waals surface area contributed by atoms with Crippen molar-refractivity contribution in [3.05, 3.63) is 37.2 Å². The molecular weight excluding hydrogens is 330 g/mol. The van der Waals surface area contributed by atoms with E-state index in [9.17, 15) is 4.79 Å². The van der Waals surface area contributed by atoms with Crippen molar-refractivity contribution in [2.45, 2.75) is 45.6 Å². The second-order valence-electron chi connectivity index (χ2n) is 5.77. The number of fused-ring (bicyclic) bond motifs is 3. The Balaban J connectivity index is 1.80. The average molecular weight is 347 g/mol. The molecule has 0 aliphatic heterocycles. The van der Waals surface area contributed by atoms with Gasteiger partial charge in [0.05, 0.1) is 11.8 Å². The third-order valence-electron chi connectivity index (χ3n) is 4.35. The monoisotopic (exact) mass is 347 g/mol. The SMILES string of the molecule is CCn1c(Cc2nc3sc4c(c3c(=O)[nH]2)CCCC4)n[nH]c1=S. The van der Waals surface area contributed by atoms with Gasteiger partial charge in [-0.05, 0) is 50.4 Å². The molecule has 4 rings (SSSR count). The normalized spacial score (nSPS) is 14.3. The van der Waals surface area contributed by atoms with Crippen LogP contribution in [0.15, 0.2) is 4.79 Å².